The summed E-state index contributed by atoms with van der Waals surface area (Å²) in [6.45, 7) is 0. The molecule has 4 unspecified atom stereocenters. The van der Waals surface area contributed by atoms with E-state index in [1.54, 1.807) is 0 Å². The van der Waals surface area contributed by atoms with E-state index in [1.807, 2.05) is 6.07 Å². The SMILES string of the molecule is NC1CCCC2C(c3ccc4ccccc4n3)NNC12. The number of hydrogen-bond acceptors (Lipinski definition) is 4. The maximum absolute atomic E-state index is 6.23. The third kappa shape index (κ3) is 1.92. The molecule has 4 N–H and O–H groups in total. The first-order valence-corrected chi connectivity index (χ1v) is 7.45. The first-order valence-electron chi connectivity index (χ1n) is 7.45. The van der Waals surface area contributed by atoms with Crippen molar-refractivity contribution in [2.24, 2.45) is 11.7 Å². The van der Waals surface area contributed by atoms with Gasteiger partial charge in [-0.15, -0.1) is 0 Å². The number of pyridine rings is 1. The molecule has 1 aliphatic carbocycles. The fourth-order valence-electron chi connectivity index (χ4n) is 3.70. The highest BCUT2D eigenvalue weighted by atomic mass is 15.4. The molecule has 2 fully saturated rings. The van der Waals surface area contributed by atoms with E-state index in [-0.39, 0.29) is 12.1 Å². The van der Waals surface area contributed by atoms with Gasteiger partial charge in [0.15, 0.2) is 0 Å². The van der Waals surface area contributed by atoms with E-state index in [2.05, 4.69) is 41.2 Å². The summed E-state index contributed by atoms with van der Waals surface area (Å²) in [6, 6.07) is 13.5. The minimum Gasteiger partial charge on any atom is -0.326 e. The van der Waals surface area contributed by atoms with E-state index < -0.39 is 0 Å². The maximum atomic E-state index is 6.23. The number of hydrazine groups is 1. The number of fused-ring (bicyclic) bond motifs is 2. The zero-order valence-corrected chi connectivity index (χ0v) is 11.4. The summed E-state index contributed by atoms with van der Waals surface area (Å²) in [5.41, 5.74) is 15.2. The van der Waals surface area contributed by atoms with Gasteiger partial charge in [0.25, 0.3) is 0 Å². The van der Waals surface area contributed by atoms with Crippen LogP contribution in [0.15, 0.2) is 36.4 Å². The average Bonchev–Trinajstić information content (AvgIpc) is 2.92. The average molecular weight is 268 g/mol. The minimum atomic E-state index is 0.256. The summed E-state index contributed by atoms with van der Waals surface area (Å²) in [5.74, 6) is 0.549. The molecule has 1 aliphatic heterocycles. The Hall–Kier alpha value is -1.49. The Balaban J connectivity index is 1.69. The highest BCUT2D eigenvalue weighted by Crippen LogP contribution is 2.37. The lowest BCUT2D eigenvalue weighted by Gasteiger charge is -2.32. The summed E-state index contributed by atoms with van der Waals surface area (Å²) in [4.78, 5) is 4.83. The monoisotopic (exact) mass is 268 g/mol. The van der Waals surface area contributed by atoms with Crippen molar-refractivity contribution < 1.29 is 0 Å². The van der Waals surface area contributed by atoms with Gasteiger partial charge in [-0.1, -0.05) is 30.7 Å². The van der Waals surface area contributed by atoms with Crippen LogP contribution in [0.4, 0.5) is 0 Å². The van der Waals surface area contributed by atoms with Gasteiger partial charge in [0.2, 0.25) is 0 Å². The van der Waals surface area contributed by atoms with E-state index in [0.29, 0.717) is 12.0 Å². The van der Waals surface area contributed by atoms with Crippen LogP contribution >= 0.6 is 0 Å². The summed E-state index contributed by atoms with van der Waals surface area (Å²) in [7, 11) is 0. The van der Waals surface area contributed by atoms with Gasteiger partial charge in [-0.2, -0.15) is 0 Å². The molecule has 20 heavy (non-hydrogen) atoms. The molecule has 0 amide bonds. The molecule has 104 valence electrons. The number of aromatic nitrogens is 1. The number of rotatable bonds is 1. The van der Waals surface area contributed by atoms with E-state index in [9.17, 15) is 0 Å². The number of nitrogens with zero attached hydrogens (tertiary/aromatic N) is 1. The van der Waals surface area contributed by atoms with E-state index in [0.717, 1.165) is 17.6 Å². The molecular weight excluding hydrogens is 248 g/mol. The van der Waals surface area contributed by atoms with Gasteiger partial charge < -0.3 is 5.73 Å². The molecule has 4 atom stereocenters. The lowest BCUT2D eigenvalue weighted by atomic mass is 9.78. The maximum Gasteiger partial charge on any atom is 0.0706 e. The Morgan fingerprint density at radius 1 is 1.05 bits per heavy atom. The van der Waals surface area contributed by atoms with Gasteiger partial charge in [0.05, 0.1) is 17.3 Å². The molecule has 0 bridgehead atoms. The molecule has 4 rings (SSSR count). The second kappa shape index (κ2) is 4.81. The summed E-state index contributed by atoms with van der Waals surface area (Å²) in [5, 5.41) is 1.19. The Kier molecular flexibility index (Phi) is 2.95. The van der Waals surface area contributed by atoms with Crippen LogP contribution in [0.25, 0.3) is 10.9 Å². The number of hydrogen-bond donors (Lipinski definition) is 3. The molecule has 1 aromatic carbocycles. The molecule has 4 nitrogen and oxygen atoms in total. The number of nitrogens with two attached hydrogens (primary N) is 1. The molecule has 1 aromatic heterocycles. The number of nitrogens with one attached hydrogen (secondary N) is 2. The lowest BCUT2D eigenvalue weighted by molar-refractivity contribution is 0.272. The smallest absolute Gasteiger partial charge is 0.0706 e. The van der Waals surface area contributed by atoms with Crippen LogP contribution in [0.3, 0.4) is 0 Å². The Bertz CT molecular complexity index is 627. The lowest BCUT2D eigenvalue weighted by Crippen LogP contribution is -2.48. The molecule has 1 saturated heterocycles. The quantitative estimate of drug-likeness (QED) is 0.739. The Morgan fingerprint density at radius 3 is 2.90 bits per heavy atom. The molecule has 2 heterocycles. The van der Waals surface area contributed by atoms with Crippen LogP contribution < -0.4 is 16.6 Å². The van der Waals surface area contributed by atoms with E-state index >= 15 is 0 Å². The summed E-state index contributed by atoms with van der Waals surface area (Å²) < 4.78 is 0. The van der Waals surface area contributed by atoms with Crippen LogP contribution in [0.5, 0.6) is 0 Å². The van der Waals surface area contributed by atoms with Crippen molar-refractivity contribution in [3.8, 4) is 0 Å². The van der Waals surface area contributed by atoms with Crippen LogP contribution in [0.2, 0.25) is 0 Å². The van der Waals surface area contributed by atoms with Gasteiger partial charge in [-0.05, 0) is 30.9 Å². The summed E-state index contributed by atoms with van der Waals surface area (Å²) >= 11 is 0. The Labute approximate surface area is 118 Å². The fraction of sp³-hybridized carbons (Fsp3) is 0.438. The molecule has 0 spiro atoms. The standard InChI is InChI=1S/C16H20N4/c17-12-6-3-5-11-15(12)19-20-16(11)14-9-8-10-4-1-2-7-13(10)18-14/h1-2,4,7-9,11-12,15-16,19-20H,3,5-6,17H2. The van der Waals surface area contributed by atoms with Crippen molar-refractivity contribution in [3.63, 3.8) is 0 Å². The highest BCUT2D eigenvalue weighted by Gasteiger charge is 2.42. The minimum absolute atomic E-state index is 0.256. The van der Waals surface area contributed by atoms with E-state index in [1.165, 1.54) is 18.2 Å². The van der Waals surface area contributed by atoms with E-state index in [4.69, 9.17) is 10.7 Å². The van der Waals surface area contributed by atoms with Crippen molar-refractivity contribution in [1.82, 2.24) is 15.8 Å². The summed E-state index contributed by atoms with van der Waals surface area (Å²) in [6.07, 6.45) is 3.56. The topological polar surface area (TPSA) is 63.0 Å². The van der Waals surface area contributed by atoms with Crippen molar-refractivity contribution in [2.45, 2.75) is 37.4 Å². The van der Waals surface area contributed by atoms with Gasteiger partial charge in [-0.25, -0.2) is 5.43 Å². The van der Waals surface area contributed by atoms with Crippen molar-refractivity contribution in [3.05, 3.63) is 42.1 Å². The van der Waals surface area contributed by atoms with Crippen LogP contribution in [-0.4, -0.2) is 17.1 Å². The van der Waals surface area contributed by atoms with Crippen molar-refractivity contribution in [2.75, 3.05) is 0 Å². The van der Waals surface area contributed by atoms with Crippen LogP contribution in [0, 0.1) is 5.92 Å². The molecule has 0 radical (unpaired) electrons. The zero-order chi connectivity index (χ0) is 13.5. The Morgan fingerprint density at radius 2 is 1.95 bits per heavy atom. The molecule has 2 aliphatic rings. The van der Waals surface area contributed by atoms with Crippen molar-refractivity contribution >= 4 is 10.9 Å². The first-order chi connectivity index (χ1) is 9.83. The predicted molar refractivity (Wildman–Crippen MR) is 79.9 cm³/mol. The van der Waals surface area contributed by atoms with Gasteiger partial charge in [0.1, 0.15) is 0 Å². The zero-order valence-electron chi connectivity index (χ0n) is 11.4. The van der Waals surface area contributed by atoms with Crippen LogP contribution in [0.1, 0.15) is 31.0 Å². The molecular formula is C16H20N4. The first kappa shape index (κ1) is 12.3. The van der Waals surface area contributed by atoms with Crippen LogP contribution in [-0.2, 0) is 0 Å². The van der Waals surface area contributed by atoms with Crippen molar-refractivity contribution in [1.29, 1.82) is 0 Å². The van der Waals surface area contributed by atoms with Gasteiger partial charge >= 0.3 is 0 Å². The molecule has 2 aromatic rings. The second-order valence-corrected chi connectivity index (χ2v) is 5.98. The largest absolute Gasteiger partial charge is 0.326 e. The highest BCUT2D eigenvalue weighted by molar-refractivity contribution is 5.78. The predicted octanol–water partition coefficient (Wildman–Crippen LogP) is 1.88. The van der Waals surface area contributed by atoms with Gasteiger partial charge in [-0.3, -0.25) is 10.4 Å². The van der Waals surface area contributed by atoms with Gasteiger partial charge in [0, 0.05) is 17.5 Å². The normalized spacial score (nSPS) is 33.2. The third-order valence-corrected chi connectivity index (χ3v) is 4.77. The fourth-order valence-corrected chi connectivity index (χ4v) is 3.70. The molecule has 1 saturated carbocycles. The molecule has 4 heteroatoms. The number of benzene rings is 1. The third-order valence-electron chi connectivity index (χ3n) is 4.77. The number of para-hydroxylation sites is 1. The second-order valence-electron chi connectivity index (χ2n) is 5.98.